The molecule has 0 spiro atoms. The third kappa shape index (κ3) is 1.20. The number of aliphatic carboxylic acids is 1. The van der Waals surface area contributed by atoms with Gasteiger partial charge in [0.1, 0.15) is 6.17 Å². The standard InChI is InChI=1S/C8H12FNO2/c9-6-3-10(4-6)7-1-5(2-7)8(11)12/h5-7H,1-4H2,(H,11,12). The summed E-state index contributed by atoms with van der Waals surface area (Å²) in [5.41, 5.74) is 0. The van der Waals surface area contributed by atoms with Gasteiger partial charge in [0.05, 0.1) is 5.92 Å². The van der Waals surface area contributed by atoms with Gasteiger partial charge >= 0.3 is 5.97 Å². The molecule has 2 rings (SSSR count). The molecule has 0 aromatic rings. The van der Waals surface area contributed by atoms with Gasteiger partial charge in [0.15, 0.2) is 0 Å². The van der Waals surface area contributed by atoms with Crippen molar-refractivity contribution in [2.75, 3.05) is 13.1 Å². The van der Waals surface area contributed by atoms with Gasteiger partial charge in [-0.15, -0.1) is 0 Å². The van der Waals surface area contributed by atoms with Crippen LogP contribution in [0.3, 0.4) is 0 Å². The van der Waals surface area contributed by atoms with Crippen molar-refractivity contribution in [3.63, 3.8) is 0 Å². The highest BCUT2D eigenvalue weighted by atomic mass is 19.1. The van der Waals surface area contributed by atoms with Crippen LogP contribution in [-0.4, -0.2) is 41.3 Å². The van der Waals surface area contributed by atoms with Gasteiger partial charge in [0.2, 0.25) is 0 Å². The van der Waals surface area contributed by atoms with Crippen LogP contribution in [0.1, 0.15) is 12.8 Å². The van der Waals surface area contributed by atoms with Gasteiger partial charge in [-0.05, 0) is 12.8 Å². The second kappa shape index (κ2) is 2.69. The lowest BCUT2D eigenvalue weighted by atomic mass is 9.78. The van der Waals surface area contributed by atoms with Crippen LogP contribution >= 0.6 is 0 Å². The van der Waals surface area contributed by atoms with Gasteiger partial charge in [-0.1, -0.05) is 0 Å². The van der Waals surface area contributed by atoms with E-state index in [1.165, 1.54) is 0 Å². The number of alkyl halides is 1. The first-order valence-corrected chi connectivity index (χ1v) is 4.27. The number of likely N-dealkylation sites (tertiary alicyclic amines) is 1. The van der Waals surface area contributed by atoms with Gasteiger partial charge in [0, 0.05) is 19.1 Å². The van der Waals surface area contributed by atoms with Crippen LogP contribution in [0.25, 0.3) is 0 Å². The molecule has 1 saturated carbocycles. The van der Waals surface area contributed by atoms with Gasteiger partial charge < -0.3 is 5.11 Å². The van der Waals surface area contributed by atoms with Crippen molar-refractivity contribution in [3.05, 3.63) is 0 Å². The van der Waals surface area contributed by atoms with Gasteiger partial charge in [-0.25, -0.2) is 4.39 Å². The van der Waals surface area contributed by atoms with Crippen LogP contribution in [0.15, 0.2) is 0 Å². The van der Waals surface area contributed by atoms with Crippen LogP contribution < -0.4 is 0 Å². The first kappa shape index (κ1) is 7.98. The SMILES string of the molecule is O=C(O)C1CC(N2CC(F)C2)C1. The van der Waals surface area contributed by atoms with E-state index in [-0.39, 0.29) is 5.92 Å². The Morgan fingerprint density at radius 2 is 2.00 bits per heavy atom. The highest BCUT2D eigenvalue weighted by molar-refractivity contribution is 5.71. The summed E-state index contributed by atoms with van der Waals surface area (Å²) in [5.74, 6) is -0.878. The van der Waals surface area contributed by atoms with E-state index < -0.39 is 12.1 Å². The molecule has 0 atom stereocenters. The van der Waals surface area contributed by atoms with Crippen LogP contribution in [0.2, 0.25) is 0 Å². The summed E-state index contributed by atoms with van der Waals surface area (Å²) in [5, 5.41) is 8.58. The Bertz CT molecular complexity index is 197. The molecule has 3 nitrogen and oxygen atoms in total. The molecule has 68 valence electrons. The quantitative estimate of drug-likeness (QED) is 0.661. The molecule has 0 unspecified atom stereocenters. The van der Waals surface area contributed by atoms with Crippen LogP contribution in [-0.2, 0) is 4.79 Å². The summed E-state index contributed by atoms with van der Waals surface area (Å²) in [7, 11) is 0. The van der Waals surface area contributed by atoms with E-state index in [0.29, 0.717) is 32.0 Å². The largest absolute Gasteiger partial charge is 0.481 e. The Hall–Kier alpha value is -0.640. The van der Waals surface area contributed by atoms with E-state index in [1.54, 1.807) is 0 Å². The fourth-order valence-electron chi connectivity index (χ4n) is 1.84. The number of carboxylic acids is 1. The molecule has 1 aliphatic carbocycles. The minimum absolute atomic E-state index is 0.173. The fraction of sp³-hybridized carbons (Fsp3) is 0.875. The Balaban J connectivity index is 1.72. The van der Waals surface area contributed by atoms with Crippen molar-refractivity contribution in [1.82, 2.24) is 4.90 Å². The zero-order valence-corrected chi connectivity index (χ0v) is 6.74. The van der Waals surface area contributed by atoms with Crippen molar-refractivity contribution >= 4 is 5.97 Å². The lowest BCUT2D eigenvalue weighted by Gasteiger charge is -2.47. The number of rotatable bonds is 2. The molecule has 4 heteroatoms. The van der Waals surface area contributed by atoms with E-state index in [0.717, 1.165) is 0 Å². The Morgan fingerprint density at radius 1 is 1.42 bits per heavy atom. The van der Waals surface area contributed by atoms with Crippen molar-refractivity contribution in [3.8, 4) is 0 Å². The monoisotopic (exact) mass is 173 g/mol. The summed E-state index contributed by atoms with van der Waals surface area (Å²) in [6.45, 7) is 1.02. The number of halogens is 1. The Morgan fingerprint density at radius 3 is 2.42 bits per heavy atom. The molecule has 0 aromatic carbocycles. The van der Waals surface area contributed by atoms with Crippen molar-refractivity contribution in [1.29, 1.82) is 0 Å². The van der Waals surface area contributed by atoms with Crippen LogP contribution in [0, 0.1) is 5.92 Å². The Labute approximate surface area is 70.2 Å². The Kier molecular flexibility index (Phi) is 1.79. The molecule has 0 aromatic heterocycles. The van der Waals surface area contributed by atoms with Gasteiger partial charge in [-0.3, -0.25) is 9.69 Å². The molecule has 1 aliphatic heterocycles. The molecule has 2 aliphatic rings. The van der Waals surface area contributed by atoms with Crippen molar-refractivity contribution < 1.29 is 14.3 Å². The summed E-state index contributed by atoms with van der Waals surface area (Å²) < 4.78 is 12.4. The minimum Gasteiger partial charge on any atom is -0.481 e. The average molecular weight is 173 g/mol. The van der Waals surface area contributed by atoms with Gasteiger partial charge in [-0.2, -0.15) is 0 Å². The molecule has 0 bridgehead atoms. The molecule has 12 heavy (non-hydrogen) atoms. The third-order valence-corrected chi connectivity index (χ3v) is 2.84. The number of carboxylic acid groups (broad SMARTS) is 1. The lowest BCUT2D eigenvalue weighted by molar-refractivity contribution is -0.148. The molecule has 0 amide bonds. The summed E-state index contributed by atoms with van der Waals surface area (Å²) >= 11 is 0. The fourth-order valence-corrected chi connectivity index (χ4v) is 1.84. The van der Waals surface area contributed by atoms with Crippen LogP contribution in [0.4, 0.5) is 4.39 Å². The van der Waals surface area contributed by atoms with E-state index in [9.17, 15) is 9.18 Å². The normalized spacial score (nSPS) is 37.1. The first-order valence-electron chi connectivity index (χ1n) is 4.27. The zero-order valence-electron chi connectivity index (χ0n) is 6.74. The molecule has 2 fully saturated rings. The van der Waals surface area contributed by atoms with Gasteiger partial charge in [0.25, 0.3) is 0 Å². The third-order valence-electron chi connectivity index (χ3n) is 2.84. The van der Waals surface area contributed by atoms with Crippen molar-refractivity contribution in [2.24, 2.45) is 5.92 Å². The van der Waals surface area contributed by atoms with E-state index in [1.807, 2.05) is 4.90 Å². The topological polar surface area (TPSA) is 40.5 Å². The maximum atomic E-state index is 12.4. The van der Waals surface area contributed by atoms with E-state index in [4.69, 9.17) is 5.11 Å². The average Bonchev–Trinajstić information content (AvgIpc) is 1.79. The smallest absolute Gasteiger partial charge is 0.306 e. The predicted octanol–water partition coefficient (Wildman–Crippen LogP) is 0.503. The summed E-state index contributed by atoms with van der Waals surface area (Å²) in [4.78, 5) is 12.5. The van der Waals surface area contributed by atoms with E-state index in [2.05, 4.69) is 0 Å². The maximum absolute atomic E-state index is 12.4. The first-order chi connectivity index (χ1) is 5.66. The highest BCUT2D eigenvalue weighted by Crippen LogP contribution is 2.34. The number of carbonyl (C=O) groups is 1. The van der Waals surface area contributed by atoms with Crippen molar-refractivity contribution in [2.45, 2.75) is 25.1 Å². The molecular weight excluding hydrogens is 161 g/mol. The maximum Gasteiger partial charge on any atom is 0.306 e. The molecule has 1 saturated heterocycles. The molecule has 0 radical (unpaired) electrons. The number of hydrogen-bond acceptors (Lipinski definition) is 2. The molecular formula is C8H12FNO2. The van der Waals surface area contributed by atoms with Crippen LogP contribution in [0.5, 0.6) is 0 Å². The molecule has 1 N–H and O–H groups in total. The summed E-state index contributed by atoms with van der Waals surface area (Å²) in [6.07, 6.45) is 0.748. The second-order valence-electron chi connectivity index (χ2n) is 3.71. The zero-order chi connectivity index (χ0) is 8.72. The highest BCUT2D eigenvalue weighted by Gasteiger charge is 2.42. The minimum atomic E-state index is -0.705. The lowest BCUT2D eigenvalue weighted by Crippen LogP contribution is -2.58. The molecule has 1 heterocycles. The second-order valence-corrected chi connectivity index (χ2v) is 3.71. The van der Waals surface area contributed by atoms with E-state index >= 15 is 0 Å². The number of hydrogen-bond donors (Lipinski definition) is 1. The summed E-state index contributed by atoms with van der Waals surface area (Å²) in [6, 6.07) is 0.345. The predicted molar refractivity (Wildman–Crippen MR) is 40.6 cm³/mol. The number of nitrogens with zero attached hydrogens (tertiary/aromatic N) is 1.